The predicted octanol–water partition coefficient (Wildman–Crippen LogP) is 8.60. The van der Waals surface area contributed by atoms with E-state index in [1.54, 1.807) is 14.2 Å². The first-order valence-corrected chi connectivity index (χ1v) is 11.6. The Morgan fingerprint density at radius 3 is 1.15 bits per heavy atom. The van der Waals surface area contributed by atoms with Gasteiger partial charge in [0.05, 0.1) is 14.2 Å². The highest BCUT2D eigenvalue weighted by atomic mass is 16.5. The van der Waals surface area contributed by atoms with Crippen molar-refractivity contribution < 1.29 is 9.47 Å². The van der Waals surface area contributed by atoms with E-state index in [1.807, 2.05) is 0 Å². The quantitative estimate of drug-likeness (QED) is 0.255. The molecule has 0 N–H and O–H groups in total. The molecule has 0 radical (unpaired) electrons. The lowest BCUT2D eigenvalue weighted by Gasteiger charge is -2.21. The lowest BCUT2D eigenvalue weighted by molar-refractivity contribution is 0.424. The van der Waals surface area contributed by atoms with Crippen molar-refractivity contribution in [2.45, 2.75) is 13.8 Å². The van der Waals surface area contributed by atoms with Gasteiger partial charge in [0.25, 0.3) is 0 Å². The third kappa shape index (κ3) is 2.88. The Balaban J connectivity index is 1.97. The zero-order valence-electron chi connectivity index (χ0n) is 19.9. The summed E-state index contributed by atoms with van der Waals surface area (Å²) >= 11 is 0. The summed E-state index contributed by atoms with van der Waals surface area (Å²) in [6, 6.07) is 30.5. The third-order valence-electron chi connectivity index (χ3n) is 6.92. The molecule has 0 aromatic heterocycles. The van der Waals surface area contributed by atoms with Gasteiger partial charge in [-0.1, -0.05) is 96.1 Å². The molecule has 0 saturated carbocycles. The number of aryl methyl sites for hydroxylation is 2. The Morgan fingerprint density at radius 1 is 0.412 bits per heavy atom. The van der Waals surface area contributed by atoms with Gasteiger partial charge in [-0.3, -0.25) is 0 Å². The Hall–Kier alpha value is -4.04. The smallest absolute Gasteiger partial charge is 0.134 e. The van der Waals surface area contributed by atoms with E-state index >= 15 is 0 Å². The third-order valence-corrected chi connectivity index (χ3v) is 6.92. The second-order valence-electron chi connectivity index (χ2n) is 9.01. The van der Waals surface area contributed by atoms with Crippen LogP contribution in [0.1, 0.15) is 11.1 Å². The van der Waals surface area contributed by atoms with Crippen LogP contribution in [0.2, 0.25) is 0 Å². The molecule has 6 aromatic rings. The number of hydrogen-bond donors (Lipinski definition) is 0. The number of ether oxygens (including phenoxy) is 2. The molecule has 2 nitrogen and oxygen atoms in total. The molecule has 34 heavy (non-hydrogen) atoms. The molecule has 0 bridgehead atoms. The molecule has 0 aliphatic heterocycles. The second-order valence-corrected chi connectivity index (χ2v) is 9.01. The molecule has 0 saturated heterocycles. The maximum Gasteiger partial charge on any atom is 0.134 e. The second kappa shape index (κ2) is 7.78. The Morgan fingerprint density at radius 2 is 0.765 bits per heavy atom. The van der Waals surface area contributed by atoms with Crippen LogP contribution in [-0.2, 0) is 0 Å². The van der Waals surface area contributed by atoms with Crippen molar-refractivity contribution in [2.75, 3.05) is 14.2 Å². The zero-order chi connectivity index (χ0) is 23.4. The average Bonchev–Trinajstić information content (AvgIpc) is 2.86. The highest BCUT2D eigenvalue weighted by molar-refractivity contribution is 6.26. The monoisotopic (exact) mass is 442 g/mol. The summed E-state index contributed by atoms with van der Waals surface area (Å²) in [5.74, 6) is 1.85. The first-order valence-electron chi connectivity index (χ1n) is 11.6. The van der Waals surface area contributed by atoms with Crippen LogP contribution >= 0.6 is 0 Å². The molecule has 0 aliphatic carbocycles. The van der Waals surface area contributed by atoms with Crippen LogP contribution < -0.4 is 9.47 Å². The van der Waals surface area contributed by atoms with E-state index in [9.17, 15) is 0 Å². The van der Waals surface area contributed by atoms with Gasteiger partial charge in [-0.05, 0) is 46.5 Å². The summed E-state index contributed by atoms with van der Waals surface area (Å²) in [5, 5.41) is 9.28. The molecule has 166 valence electrons. The van der Waals surface area contributed by atoms with Crippen LogP contribution in [0.25, 0.3) is 54.2 Å². The molecule has 0 aliphatic rings. The molecule has 2 heteroatoms. The van der Waals surface area contributed by atoms with Crippen LogP contribution in [-0.4, -0.2) is 14.2 Å². The predicted molar refractivity (Wildman–Crippen MR) is 144 cm³/mol. The summed E-state index contributed by atoms with van der Waals surface area (Å²) in [7, 11) is 3.53. The summed E-state index contributed by atoms with van der Waals surface area (Å²) in [5.41, 5.74) is 4.93. The standard InChI is InChI=1S/C32H26O2/c1-19-13-15-25-27(17-19)29(21-9-5-7-11-23(21)31(25)33-3)30-22-10-6-8-12-24(22)32(34-4)26-16-14-20(2)18-28(26)30/h5-18H,1-4H3. The van der Waals surface area contributed by atoms with E-state index in [0.29, 0.717) is 0 Å². The zero-order valence-corrected chi connectivity index (χ0v) is 19.9. The molecule has 6 aromatic carbocycles. The van der Waals surface area contributed by atoms with Crippen molar-refractivity contribution >= 4 is 43.1 Å². The number of benzene rings is 6. The van der Waals surface area contributed by atoms with E-state index in [4.69, 9.17) is 9.47 Å². The Bertz CT molecular complexity index is 1610. The van der Waals surface area contributed by atoms with E-state index in [2.05, 4.69) is 98.8 Å². The summed E-state index contributed by atoms with van der Waals surface area (Å²) in [6.45, 7) is 4.30. The van der Waals surface area contributed by atoms with Crippen molar-refractivity contribution in [1.29, 1.82) is 0 Å². The summed E-state index contributed by atoms with van der Waals surface area (Å²) in [6.07, 6.45) is 0. The minimum atomic E-state index is 0.924. The summed E-state index contributed by atoms with van der Waals surface area (Å²) in [4.78, 5) is 0. The molecule has 0 spiro atoms. The number of hydrogen-bond acceptors (Lipinski definition) is 2. The van der Waals surface area contributed by atoms with Crippen LogP contribution in [0.15, 0.2) is 84.9 Å². The Kier molecular flexibility index (Phi) is 4.70. The van der Waals surface area contributed by atoms with E-state index in [1.165, 1.54) is 43.8 Å². The largest absolute Gasteiger partial charge is 0.495 e. The number of rotatable bonds is 3. The topological polar surface area (TPSA) is 18.5 Å². The molecule has 0 unspecified atom stereocenters. The van der Waals surface area contributed by atoms with Crippen LogP contribution in [0.5, 0.6) is 11.5 Å². The van der Waals surface area contributed by atoms with Gasteiger partial charge in [0, 0.05) is 21.5 Å². The first kappa shape index (κ1) is 20.6. The van der Waals surface area contributed by atoms with E-state index < -0.39 is 0 Å². The lowest BCUT2D eigenvalue weighted by atomic mass is 9.84. The molecular weight excluding hydrogens is 416 g/mol. The number of methoxy groups -OCH3 is 2. The molecule has 0 atom stereocenters. The van der Waals surface area contributed by atoms with Crippen molar-refractivity contribution in [2.24, 2.45) is 0 Å². The van der Waals surface area contributed by atoms with Gasteiger partial charge >= 0.3 is 0 Å². The summed E-state index contributed by atoms with van der Waals surface area (Å²) < 4.78 is 12.0. The van der Waals surface area contributed by atoms with Crippen molar-refractivity contribution in [3.63, 3.8) is 0 Å². The molecule has 0 fully saturated rings. The van der Waals surface area contributed by atoms with E-state index in [-0.39, 0.29) is 0 Å². The van der Waals surface area contributed by atoms with Gasteiger partial charge < -0.3 is 9.47 Å². The average molecular weight is 443 g/mol. The molecular formula is C32H26O2. The maximum atomic E-state index is 5.98. The Labute approximate surface area is 199 Å². The van der Waals surface area contributed by atoms with Crippen molar-refractivity contribution in [3.8, 4) is 22.6 Å². The fourth-order valence-electron chi connectivity index (χ4n) is 5.48. The molecule has 6 rings (SSSR count). The van der Waals surface area contributed by atoms with Crippen LogP contribution in [0.4, 0.5) is 0 Å². The minimum absolute atomic E-state index is 0.924. The van der Waals surface area contributed by atoms with Crippen molar-refractivity contribution in [3.05, 3.63) is 96.1 Å². The fraction of sp³-hybridized carbons (Fsp3) is 0.125. The van der Waals surface area contributed by atoms with Crippen molar-refractivity contribution in [1.82, 2.24) is 0 Å². The molecule has 0 amide bonds. The molecule has 0 heterocycles. The SMILES string of the molecule is COc1c2ccccc2c(-c2c3ccccc3c(OC)c3ccc(C)cc23)c2cc(C)ccc12. The lowest BCUT2D eigenvalue weighted by Crippen LogP contribution is -1.96. The maximum absolute atomic E-state index is 5.98. The van der Waals surface area contributed by atoms with Gasteiger partial charge in [0.15, 0.2) is 0 Å². The highest BCUT2D eigenvalue weighted by Gasteiger charge is 2.22. The minimum Gasteiger partial charge on any atom is -0.495 e. The van der Waals surface area contributed by atoms with Gasteiger partial charge in [-0.15, -0.1) is 0 Å². The normalized spacial score (nSPS) is 11.5. The van der Waals surface area contributed by atoms with Gasteiger partial charge in [0.1, 0.15) is 11.5 Å². The van der Waals surface area contributed by atoms with E-state index in [0.717, 1.165) is 33.0 Å². The van der Waals surface area contributed by atoms with Gasteiger partial charge in [0.2, 0.25) is 0 Å². The highest BCUT2D eigenvalue weighted by Crippen LogP contribution is 2.49. The fourth-order valence-corrected chi connectivity index (χ4v) is 5.48. The number of fused-ring (bicyclic) bond motifs is 4. The van der Waals surface area contributed by atoms with Crippen LogP contribution in [0, 0.1) is 13.8 Å². The first-order chi connectivity index (χ1) is 16.6. The van der Waals surface area contributed by atoms with Crippen LogP contribution in [0.3, 0.4) is 0 Å². The van der Waals surface area contributed by atoms with Gasteiger partial charge in [-0.2, -0.15) is 0 Å². The van der Waals surface area contributed by atoms with Gasteiger partial charge in [-0.25, -0.2) is 0 Å².